The van der Waals surface area contributed by atoms with Crippen LogP contribution in [0.3, 0.4) is 0 Å². The summed E-state index contributed by atoms with van der Waals surface area (Å²) in [6, 6.07) is 2.44. The summed E-state index contributed by atoms with van der Waals surface area (Å²) in [6.45, 7) is 1.49. The molecule has 1 rings (SSSR count). The van der Waals surface area contributed by atoms with Crippen molar-refractivity contribution in [1.29, 1.82) is 0 Å². The van der Waals surface area contributed by atoms with Gasteiger partial charge >= 0.3 is 6.18 Å². The topological polar surface area (TPSA) is 52.4 Å². The largest absolute Gasteiger partial charge is 0.484 e. The molecule has 0 amide bonds. The Kier molecular flexibility index (Phi) is 3.59. The molecule has 0 atom stereocenters. The summed E-state index contributed by atoms with van der Waals surface area (Å²) in [7, 11) is 0. The molecular weight excluding hydrogens is 239 g/mol. The predicted molar refractivity (Wildman–Crippen MR) is 54.1 cm³/mol. The molecule has 0 unspecified atom stereocenters. The molecule has 0 fully saturated rings. The highest BCUT2D eigenvalue weighted by Crippen LogP contribution is 2.28. The van der Waals surface area contributed by atoms with Crippen LogP contribution in [0.2, 0.25) is 0 Å². The fourth-order valence-electron chi connectivity index (χ4n) is 1.45. The first kappa shape index (κ1) is 13.3. The summed E-state index contributed by atoms with van der Waals surface area (Å²) < 4.78 is 40.3. The molecule has 0 heterocycles. The van der Waals surface area contributed by atoms with Crippen LogP contribution in [0.5, 0.6) is 5.75 Å². The van der Waals surface area contributed by atoms with Crippen LogP contribution < -0.4 is 4.74 Å². The van der Waals surface area contributed by atoms with E-state index in [4.69, 9.17) is 0 Å². The van der Waals surface area contributed by atoms with Crippen LogP contribution >= 0.6 is 0 Å². The molecule has 0 aliphatic rings. The lowest BCUT2D eigenvalue weighted by Gasteiger charge is -2.10. The van der Waals surface area contributed by atoms with E-state index < -0.39 is 17.7 Å². The average Bonchev–Trinajstić information content (AvgIpc) is 2.11. The Morgan fingerprint density at radius 2 is 1.76 bits per heavy atom. The van der Waals surface area contributed by atoms with E-state index in [0.29, 0.717) is 0 Å². The van der Waals surface area contributed by atoms with Crippen LogP contribution in [-0.4, -0.2) is 17.7 Å². The van der Waals surface area contributed by atoms with Gasteiger partial charge in [-0.05, 0) is 26.0 Å². The van der Waals surface area contributed by atoms with Gasteiger partial charge < -0.3 is 4.74 Å². The molecule has 1 aromatic carbocycles. The second-order valence-electron chi connectivity index (χ2n) is 3.57. The third-order valence-electron chi connectivity index (χ3n) is 2.05. The molecule has 4 nitrogen and oxygen atoms in total. The first-order chi connectivity index (χ1) is 7.70. The quantitative estimate of drug-likeness (QED) is 0.610. The number of nitro groups is 1. The van der Waals surface area contributed by atoms with Crippen LogP contribution in [-0.2, 0) is 0 Å². The molecule has 94 valence electrons. The Balaban J connectivity index is 2.95. The molecule has 7 heteroatoms. The maximum Gasteiger partial charge on any atom is 0.422 e. The zero-order chi connectivity index (χ0) is 13.2. The maximum absolute atomic E-state index is 11.9. The van der Waals surface area contributed by atoms with E-state index in [1.165, 1.54) is 26.0 Å². The predicted octanol–water partition coefficient (Wildman–Crippen LogP) is 3.15. The van der Waals surface area contributed by atoms with Crippen LogP contribution in [0.1, 0.15) is 11.1 Å². The van der Waals surface area contributed by atoms with Crippen LogP contribution in [0.25, 0.3) is 0 Å². The van der Waals surface area contributed by atoms with Crippen LogP contribution in [0.15, 0.2) is 12.1 Å². The Labute approximate surface area is 95.2 Å². The lowest BCUT2D eigenvalue weighted by Crippen LogP contribution is -2.19. The van der Waals surface area contributed by atoms with Crippen molar-refractivity contribution in [3.05, 3.63) is 33.4 Å². The number of alkyl halides is 3. The van der Waals surface area contributed by atoms with E-state index in [2.05, 4.69) is 4.74 Å². The van der Waals surface area contributed by atoms with Gasteiger partial charge in [0.05, 0.1) is 4.92 Å². The molecule has 0 spiro atoms. The van der Waals surface area contributed by atoms with E-state index in [0.717, 1.165) is 0 Å². The van der Waals surface area contributed by atoms with Gasteiger partial charge in [-0.25, -0.2) is 0 Å². The molecule has 17 heavy (non-hydrogen) atoms. The number of hydrogen-bond donors (Lipinski definition) is 0. The molecule has 0 N–H and O–H groups in total. The molecular formula is C10H10F3NO3. The highest BCUT2D eigenvalue weighted by atomic mass is 19.4. The Morgan fingerprint density at radius 3 is 2.12 bits per heavy atom. The second kappa shape index (κ2) is 4.60. The van der Waals surface area contributed by atoms with Gasteiger partial charge in [-0.3, -0.25) is 10.1 Å². The minimum Gasteiger partial charge on any atom is -0.484 e. The minimum absolute atomic E-state index is 0.0251. The van der Waals surface area contributed by atoms with Crippen LogP contribution in [0.4, 0.5) is 18.9 Å². The summed E-state index contributed by atoms with van der Waals surface area (Å²) in [5, 5.41) is 10.7. The number of benzene rings is 1. The SMILES string of the molecule is Cc1cc(OCC(F)(F)F)cc(C)c1[N+](=O)[O-]. The highest BCUT2D eigenvalue weighted by Gasteiger charge is 2.28. The van der Waals surface area contributed by atoms with Gasteiger partial charge in [-0.15, -0.1) is 0 Å². The number of rotatable bonds is 3. The number of halogens is 3. The number of nitrogens with zero attached hydrogens (tertiary/aromatic N) is 1. The number of nitro benzene ring substituents is 1. The number of ether oxygens (including phenoxy) is 1. The van der Waals surface area contributed by atoms with Crippen molar-refractivity contribution in [2.24, 2.45) is 0 Å². The van der Waals surface area contributed by atoms with E-state index in [1.807, 2.05) is 0 Å². The Morgan fingerprint density at radius 1 is 1.29 bits per heavy atom. The standard InChI is InChI=1S/C10H10F3NO3/c1-6-3-8(17-5-10(11,12)13)4-7(2)9(6)14(15)16/h3-4H,5H2,1-2H3. The van der Waals surface area contributed by atoms with Gasteiger partial charge in [-0.2, -0.15) is 13.2 Å². The van der Waals surface area contributed by atoms with Crippen molar-refractivity contribution >= 4 is 5.69 Å². The zero-order valence-corrected chi connectivity index (χ0v) is 9.17. The van der Waals surface area contributed by atoms with Crippen molar-refractivity contribution < 1.29 is 22.8 Å². The average molecular weight is 249 g/mol. The van der Waals surface area contributed by atoms with Crippen molar-refractivity contribution in [3.63, 3.8) is 0 Å². The fourth-order valence-corrected chi connectivity index (χ4v) is 1.45. The third kappa shape index (κ3) is 3.61. The normalized spacial score (nSPS) is 11.4. The lowest BCUT2D eigenvalue weighted by atomic mass is 10.1. The molecule has 0 aliphatic heterocycles. The van der Waals surface area contributed by atoms with Crippen molar-refractivity contribution in [2.75, 3.05) is 6.61 Å². The van der Waals surface area contributed by atoms with Gasteiger partial charge in [0.15, 0.2) is 6.61 Å². The van der Waals surface area contributed by atoms with Gasteiger partial charge in [-0.1, -0.05) is 0 Å². The lowest BCUT2D eigenvalue weighted by molar-refractivity contribution is -0.386. The van der Waals surface area contributed by atoms with Crippen molar-refractivity contribution in [1.82, 2.24) is 0 Å². The fraction of sp³-hybridized carbons (Fsp3) is 0.400. The van der Waals surface area contributed by atoms with Gasteiger partial charge in [0.2, 0.25) is 0 Å². The van der Waals surface area contributed by atoms with Crippen molar-refractivity contribution in [2.45, 2.75) is 20.0 Å². The van der Waals surface area contributed by atoms with E-state index in [1.54, 1.807) is 0 Å². The van der Waals surface area contributed by atoms with E-state index in [-0.39, 0.29) is 22.6 Å². The first-order valence-electron chi connectivity index (χ1n) is 4.66. The Bertz CT molecular complexity index is 420. The summed E-state index contributed by atoms with van der Waals surface area (Å²) in [5.41, 5.74) is 0.434. The smallest absolute Gasteiger partial charge is 0.422 e. The summed E-state index contributed by atoms with van der Waals surface area (Å²) in [5.74, 6) is -0.0251. The number of hydrogen-bond acceptors (Lipinski definition) is 3. The molecule has 0 saturated heterocycles. The maximum atomic E-state index is 11.9. The summed E-state index contributed by atoms with van der Waals surface area (Å²) >= 11 is 0. The molecule has 1 aromatic rings. The molecule has 0 bridgehead atoms. The van der Waals surface area contributed by atoms with Gasteiger partial charge in [0, 0.05) is 11.1 Å². The van der Waals surface area contributed by atoms with Crippen LogP contribution in [0, 0.1) is 24.0 Å². The molecule has 0 aliphatic carbocycles. The second-order valence-corrected chi connectivity index (χ2v) is 3.57. The number of aryl methyl sites for hydroxylation is 2. The molecule has 0 saturated carbocycles. The van der Waals surface area contributed by atoms with E-state index >= 15 is 0 Å². The summed E-state index contributed by atoms with van der Waals surface area (Å²) in [6.07, 6.45) is -4.43. The first-order valence-corrected chi connectivity index (χ1v) is 4.66. The van der Waals surface area contributed by atoms with Crippen molar-refractivity contribution in [3.8, 4) is 5.75 Å². The zero-order valence-electron chi connectivity index (χ0n) is 9.17. The molecule has 0 aromatic heterocycles. The van der Waals surface area contributed by atoms with Gasteiger partial charge in [0.1, 0.15) is 5.75 Å². The third-order valence-corrected chi connectivity index (χ3v) is 2.05. The summed E-state index contributed by atoms with van der Waals surface area (Å²) in [4.78, 5) is 10.1. The highest BCUT2D eigenvalue weighted by molar-refractivity contribution is 5.50. The monoisotopic (exact) mass is 249 g/mol. The molecule has 0 radical (unpaired) electrons. The Hall–Kier alpha value is -1.79. The van der Waals surface area contributed by atoms with Gasteiger partial charge in [0.25, 0.3) is 5.69 Å². The minimum atomic E-state index is -4.43. The van der Waals surface area contributed by atoms with E-state index in [9.17, 15) is 23.3 Å².